The zero-order valence-electron chi connectivity index (χ0n) is 12.8. The standard InChI is InChI=1S/C15H28O2Si/c1-13-11-14(16-12-13)9-7-8-10-17-18(5,6)15(2,3)4/h11-12H,7-10H2,1-6H3. The third-order valence-electron chi connectivity index (χ3n) is 3.87. The van der Waals surface area contributed by atoms with E-state index in [1.54, 1.807) is 0 Å². The maximum Gasteiger partial charge on any atom is 0.191 e. The van der Waals surface area contributed by atoms with E-state index in [9.17, 15) is 0 Å². The number of rotatable bonds is 6. The highest BCUT2D eigenvalue weighted by molar-refractivity contribution is 6.74. The fraction of sp³-hybridized carbons (Fsp3) is 0.733. The molecule has 2 nitrogen and oxygen atoms in total. The molecule has 18 heavy (non-hydrogen) atoms. The molecule has 0 unspecified atom stereocenters. The Kier molecular flexibility index (Phi) is 5.23. The van der Waals surface area contributed by atoms with Crippen LogP contribution in [0.4, 0.5) is 0 Å². The molecule has 0 spiro atoms. The van der Waals surface area contributed by atoms with Gasteiger partial charge in [-0.25, -0.2) is 0 Å². The molecule has 0 amide bonds. The first-order valence-electron chi connectivity index (χ1n) is 6.90. The van der Waals surface area contributed by atoms with Gasteiger partial charge in [0.15, 0.2) is 8.32 Å². The smallest absolute Gasteiger partial charge is 0.191 e. The van der Waals surface area contributed by atoms with Crippen molar-refractivity contribution in [3.63, 3.8) is 0 Å². The maximum atomic E-state index is 6.15. The average molecular weight is 268 g/mol. The lowest BCUT2D eigenvalue weighted by Crippen LogP contribution is -2.40. The van der Waals surface area contributed by atoms with Crippen LogP contribution in [-0.2, 0) is 10.8 Å². The number of hydrogen-bond donors (Lipinski definition) is 0. The molecule has 1 aromatic heterocycles. The Labute approximate surface area is 113 Å². The molecule has 0 bridgehead atoms. The minimum Gasteiger partial charge on any atom is -0.469 e. The molecule has 0 N–H and O–H groups in total. The highest BCUT2D eigenvalue weighted by Crippen LogP contribution is 2.36. The first kappa shape index (κ1) is 15.5. The first-order chi connectivity index (χ1) is 8.22. The van der Waals surface area contributed by atoms with Gasteiger partial charge >= 0.3 is 0 Å². The lowest BCUT2D eigenvalue weighted by Gasteiger charge is -2.36. The number of furan rings is 1. The number of hydrogen-bond acceptors (Lipinski definition) is 2. The molecule has 0 aliphatic carbocycles. The molecule has 1 heterocycles. The van der Waals surface area contributed by atoms with E-state index < -0.39 is 8.32 Å². The van der Waals surface area contributed by atoms with Gasteiger partial charge in [0.05, 0.1) is 6.26 Å². The molecule has 0 aliphatic heterocycles. The molecule has 0 atom stereocenters. The van der Waals surface area contributed by atoms with Crippen LogP contribution in [0.1, 0.15) is 44.9 Å². The van der Waals surface area contributed by atoms with Crippen LogP contribution in [0.2, 0.25) is 18.1 Å². The zero-order valence-corrected chi connectivity index (χ0v) is 13.8. The van der Waals surface area contributed by atoms with Gasteiger partial charge in [-0.05, 0) is 49.5 Å². The SMILES string of the molecule is Cc1coc(CCCCO[Si](C)(C)C(C)(C)C)c1. The van der Waals surface area contributed by atoms with Crippen molar-refractivity contribution in [3.05, 3.63) is 23.7 Å². The molecule has 0 aromatic carbocycles. The van der Waals surface area contributed by atoms with Crippen molar-refractivity contribution >= 4 is 8.32 Å². The van der Waals surface area contributed by atoms with Crippen molar-refractivity contribution < 1.29 is 8.84 Å². The second kappa shape index (κ2) is 6.07. The van der Waals surface area contributed by atoms with Crippen molar-refractivity contribution in [2.24, 2.45) is 0 Å². The highest BCUT2D eigenvalue weighted by atomic mass is 28.4. The maximum absolute atomic E-state index is 6.15. The van der Waals surface area contributed by atoms with E-state index in [0.29, 0.717) is 5.04 Å². The molecule has 3 heteroatoms. The van der Waals surface area contributed by atoms with Crippen LogP contribution in [0, 0.1) is 6.92 Å². The fourth-order valence-corrected chi connectivity index (χ4v) is 2.65. The van der Waals surface area contributed by atoms with E-state index in [2.05, 4.69) is 46.9 Å². The molecule has 0 radical (unpaired) electrons. The van der Waals surface area contributed by atoms with E-state index in [0.717, 1.165) is 31.6 Å². The fourth-order valence-electron chi connectivity index (χ4n) is 1.57. The molecule has 0 saturated heterocycles. The Bertz CT molecular complexity index is 361. The molecular weight excluding hydrogens is 240 g/mol. The van der Waals surface area contributed by atoms with Gasteiger partial charge in [-0.1, -0.05) is 20.8 Å². The molecule has 1 aromatic rings. The largest absolute Gasteiger partial charge is 0.469 e. The molecule has 104 valence electrons. The predicted octanol–water partition coefficient (Wildman–Crippen LogP) is 4.93. The van der Waals surface area contributed by atoms with Crippen molar-refractivity contribution in [2.45, 2.75) is 65.1 Å². The van der Waals surface area contributed by atoms with Crippen LogP contribution in [0.15, 0.2) is 16.7 Å². The Morgan fingerprint density at radius 3 is 2.39 bits per heavy atom. The van der Waals surface area contributed by atoms with Crippen LogP contribution in [0.3, 0.4) is 0 Å². The summed E-state index contributed by atoms with van der Waals surface area (Å²) in [5.41, 5.74) is 1.21. The summed E-state index contributed by atoms with van der Waals surface area (Å²) in [6, 6.07) is 2.12. The molecule has 0 fully saturated rings. The number of unbranched alkanes of at least 4 members (excludes halogenated alkanes) is 1. The summed E-state index contributed by atoms with van der Waals surface area (Å²) in [4.78, 5) is 0. The minimum atomic E-state index is -1.55. The van der Waals surface area contributed by atoms with Crippen LogP contribution in [0.25, 0.3) is 0 Å². The van der Waals surface area contributed by atoms with Crippen molar-refractivity contribution in [1.82, 2.24) is 0 Å². The Morgan fingerprint density at radius 1 is 1.22 bits per heavy atom. The van der Waals surface area contributed by atoms with E-state index >= 15 is 0 Å². The van der Waals surface area contributed by atoms with Gasteiger partial charge < -0.3 is 8.84 Å². The molecule has 0 saturated carbocycles. The average Bonchev–Trinajstić information content (AvgIpc) is 2.62. The van der Waals surface area contributed by atoms with E-state index in [4.69, 9.17) is 8.84 Å². The van der Waals surface area contributed by atoms with Crippen LogP contribution >= 0.6 is 0 Å². The molecular formula is C15H28O2Si. The van der Waals surface area contributed by atoms with Gasteiger partial charge in [0.25, 0.3) is 0 Å². The lowest BCUT2D eigenvalue weighted by molar-refractivity contribution is 0.278. The highest BCUT2D eigenvalue weighted by Gasteiger charge is 2.36. The third kappa shape index (κ3) is 4.62. The van der Waals surface area contributed by atoms with E-state index in [1.807, 2.05) is 6.26 Å². The van der Waals surface area contributed by atoms with Gasteiger partial charge in [-0.15, -0.1) is 0 Å². The summed E-state index contributed by atoms with van der Waals surface area (Å²) in [6.45, 7) is 14.4. The van der Waals surface area contributed by atoms with Crippen molar-refractivity contribution in [1.29, 1.82) is 0 Å². The Balaban J connectivity index is 2.19. The summed E-state index contributed by atoms with van der Waals surface area (Å²) in [7, 11) is -1.55. The second-order valence-electron chi connectivity index (χ2n) is 6.66. The monoisotopic (exact) mass is 268 g/mol. The van der Waals surface area contributed by atoms with Crippen LogP contribution < -0.4 is 0 Å². The van der Waals surface area contributed by atoms with Gasteiger partial charge in [-0.3, -0.25) is 0 Å². The van der Waals surface area contributed by atoms with E-state index in [-0.39, 0.29) is 0 Å². The topological polar surface area (TPSA) is 22.4 Å². The third-order valence-corrected chi connectivity index (χ3v) is 8.41. The summed E-state index contributed by atoms with van der Waals surface area (Å²) in [5, 5.41) is 0.311. The van der Waals surface area contributed by atoms with Gasteiger partial charge in [0, 0.05) is 13.0 Å². The summed E-state index contributed by atoms with van der Waals surface area (Å²) in [5.74, 6) is 1.10. The quantitative estimate of drug-likeness (QED) is 0.539. The normalized spacial score (nSPS) is 13.0. The second-order valence-corrected chi connectivity index (χ2v) is 11.5. The van der Waals surface area contributed by atoms with Crippen LogP contribution in [-0.4, -0.2) is 14.9 Å². The van der Waals surface area contributed by atoms with Crippen LogP contribution in [0.5, 0.6) is 0 Å². The predicted molar refractivity (Wildman–Crippen MR) is 79.5 cm³/mol. The van der Waals surface area contributed by atoms with Gasteiger partial charge in [0.2, 0.25) is 0 Å². The molecule has 0 aliphatic rings. The molecule has 1 rings (SSSR count). The minimum absolute atomic E-state index is 0.311. The Hall–Kier alpha value is -0.543. The lowest BCUT2D eigenvalue weighted by atomic mass is 10.2. The van der Waals surface area contributed by atoms with Gasteiger partial charge in [-0.2, -0.15) is 0 Å². The zero-order chi connectivity index (χ0) is 13.8. The Morgan fingerprint density at radius 2 is 1.89 bits per heavy atom. The van der Waals surface area contributed by atoms with Crippen molar-refractivity contribution in [3.8, 4) is 0 Å². The number of aryl methyl sites for hydroxylation is 2. The van der Waals surface area contributed by atoms with Crippen molar-refractivity contribution in [2.75, 3.05) is 6.61 Å². The van der Waals surface area contributed by atoms with Gasteiger partial charge in [0.1, 0.15) is 5.76 Å². The first-order valence-corrected chi connectivity index (χ1v) is 9.81. The summed E-state index contributed by atoms with van der Waals surface area (Å²) in [6.07, 6.45) is 5.10. The summed E-state index contributed by atoms with van der Waals surface area (Å²) >= 11 is 0. The van der Waals surface area contributed by atoms with E-state index in [1.165, 1.54) is 5.56 Å². The summed E-state index contributed by atoms with van der Waals surface area (Å²) < 4.78 is 11.6.